The molecule has 1 fully saturated rings. The first-order chi connectivity index (χ1) is 8.16. The van der Waals surface area contributed by atoms with Gasteiger partial charge in [0.1, 0.15) is 0 Å². The molecule has 6 nitrogen and oxygen atoms in total. The van der Waals surface area contributed by atoms with Gasteiger partial charge >= 0.3 is 0 Å². The lowest BCUT2D eigenvalue weighted by Crippen LogP contribution is -2.35. The predicted octanol–water partition coefficient (Wildman–Crippen LogP) is 1.29. The summed E-state index contributed by atoms with van der Waals surface area (Å²) in [5.74, 6) is -0.0867. The number of carbonyl (C=O) groups is 1. The Morgan fingerprint density at radius 2 is 2.12 bits per heavy atom. The lowest BCUT2D eigenvalue weighted by Gasteiger charge is -2.10. The fourth-order valence-electron chi connectivity index (χ4n) is 1.80. The molecule has 0 aliphatic carbocycles. The van der Waals surface area contributed by atoms with Crippen LogP contribution in [-0.2, 0) is 4.79 Å². The van der Waals surface area contributed by atoms with E-state index in [9.17, 15) is 14.9 Å². The first-order valence-corrected chi connectivity index (χ1v) is 5.45. The van der Waals surface area contributed by atoms with E-state index in [2.05, 4.69) is 10.6 Å². The number of non-ortho nitro benzene ring substituents is 1. The smallest absolute Gasteiger partial charge is 0.269 e. The molecule has 1 saturated heterocycles. The molecule has 1 aliphatic rings. The molecule has 0 saturated carbocycles. The van der Waals surface area contributed by atoms with Gasteiger partial charge in [0.15, 0.2) is 0 Å². The number of hydrogen-bond donors (Lipinski definition) is 2. The van der Waals surface area contributed by atoms with Crippen LogP contribution in [0.25, 0.3) is 0 Å². The molecular formula is C11H13N3O3. The molecule has 1 aromatic rings. The lowest BCUT2D eigenvalue weighted by atomic mass is 10.2. The van der Waals surface area contributed by atoms with E-state index in [-0.39, 0.29) is 17.6 Å². The zero-order valence-corrected chi connectivity index (χ0v) is 9.18. The van der Waals surface area contributed by atoms with Gasteiger partial charge < -0.3 is 10.6 Å². The molecule has 1 amide bonds. The van der Waals surface area contributed by atoms with E-state index in [1.54, 1.807) is 0 Å². The van der Waals surface area contributed by atoms with Crippen LogP contribution in [0.1, 0.15) is 12.8 Å². The number of amides is 1. The highest BCUT2D eigenvalue weighted by molar-refractivity contribution is 5.95. The molecule has 0 aromatic heterocycles. The maximum Gasteiger partial charge on any atom is 0.269 e. The molecule has 1 heterocycles. The van der Waals surface area contributed by atoms with Crippen molar-refractivity contribution >= 4 is 17.3 Å². The van der Waals surface area contributed by atoms with Crippen LogP contribution in [0.2, 0.25) is 0 Å². The van der Waals surface area contributed by atoms with Crippen molar-refractivity contribution < 1.29 is 9.72 Å². The van der Waals surface area contributed by atoms with E-state index in [0.717, 1.165) is 19.4 Å². The minimum atomic E-state index is -0.468. The average molecular weight is 235 g/mol. The van der Waals surface area contributed by atoms with Crippen molar-refractivity contribution in [3.8, 4) is 0 Å². The Morgan fingerprint density at radius 3 is 2.65 bits per heavy atom. The Bertz CT molecular complexity index is 424. The van der Waals surface area contributed by atoms with Gasteiger partial charge in [0.2, 0.25) is 5.91 Å². The minimum Gasteiger partial charge on any atom is -0.325 e. The third-order valence-electron chi connectivity index (χ3n) is 2.72. The van der Waals surface area contributed by atoms with Crippen LogP contribution >= 0.6 is 0 Å². The molecule has 1 aliphatic heterocycles. The molecule has 17 heavy (non-hydrogen) atoms. The van der Waals surface area contributed by atoms with Crippen LogP contribution in [0.4, 0.5) is 11.4 Å². The summed E-state index contributed by atoms with van der Waals surface area (Å²) in [6, 6.07) is 5.66. The summed E-state index contributed by atoms with van der Waals surface area (Å²) >= 11 is 0. The van der Waals surface area contributed by atoms with Crippen molar-refractivity contribution in [2.45, 2.75) is 18.9 Å². The van der Waals surface area contributed by atoms with Gasteiger partial charge in [-0.25, -0.2) is 0 Å². The summed E-state index contributed by atoms with van der Waals surface area (Å²) in [6.07, 6.45) is 1.83. The van der Waals surface area contributed by atoms with E-state index in [1.165, 1.54) is 24.3 Å². The first-order valence-electron chi connectivity index (χ1n) is 5.45. The normalized spacial score (nSPS) is 18.9. The number of anilines is 1. The van der Waals surface area contributed by atoms with Crippen LogP contribution in [-0.4, -0.2) is 23.4 Å². The van der Waals surface area contributed by atoms with E-state index in [0.29, 0.717) is 5.69 Å². The van der Waals surface area contributed by atoms with E-state index in [1.807, 2.05) is 0 Å². The summed E-state index contributed by atoms with van der Waals surface area (Å²) in [4.78, 5) is 21.7. The molecule has 2 rings (SSSR count). The topological polar surface area (TPSA) is 84.3 Å². The molecule has 2 N–H and O–H groups in total. The number of nitro benzene ring substituents is 1. The molecule has 0 bridgehead atoms. The Morgan fingerprint density at radius 1 is 1.41 bits per heavy atom. The molecule has 6 heteroatoms. The highest BCUT2D eigenvalue weighted by atomic mass is 16.6. The molecule has 0 radical (unpaired) electrons. The summed E-state index contributed by atoms with van der Waals surface area (Å²) in [6.45, 7) is 0.859. The standard InChI is InChI=1S/C11H13N3O3/c15-11(10-2-1-7-12-10)13-8-3-5-9(6-4-8)14(16)17/h3-6,10,12H,1-2,7H2,(H,13,15)/t10-/m0/s1. The highest BCUT2D eigenvalue weighted by Gasteiger charge is 2.21. The van der Waals surface area contributed by atoms with E-state index >= 15 is 0 Å². The minimum absolute atomic E-state index is 0.0157. The maximum absolute atomic E-state index is 11.7. The zero-order chi connectivity index (χ0) is 12.3. The van der Waals surface area contributed by atoms with Gasteiger partial charge in [0.05, 0.1) is 11.0 Å². The fraction of sp³-hybridized carbons (Fsp3) is 0.364. The lowest BCUT2D eigenvalue weighted by molar-refractivity contribution is -0.384. The quantitative estimate of drug-likeness (QED) is 0.610. The maximum atomic E-state index is 11.7. The Kier molecular flexibility index (Phi) is 3.34. The third kappa shape index (κ3) is 2.79. The number of carbonyl (C=O) groups excluding carboxylic acids is 1. The number of nitro groups is 1. The Balaban J connectivity index is 1.98. The van der Waals surface area contributed by atoms with Crippen molar-refractivity contribution in [2.75, 3.05) is 11.9 Å². The van der Waals surface area contributed by atoms with Crippen LogP contribution in [0, 0.1) is 10.1 Å². The molecule has 0 spiro atoms. The second-order valence-corrected chi connectivity index (χ2v) is 3.94. The van der Waals surface area contributed by atoms with Gasteiger partial charge in [-0.1, -0.05) is 0 Å². The fourth-order valence-corrected chi connectivity index (χ4v) is 1.80. The first kappa shape index (κ1) is 11.5. The summed E-state index contributed by atoms with van der Waals surface area (Å²) in [5.41, 5.74) is 0.594. The molecule has 0 unspecified atom stereocenters. The van der Waals surface area contributed by atoms with Gasteiger partial charge in [0, 0.05) is 17.8 Å². The molecule has 90 valence electrons. The second-order valence-electron chi connectivity index (χ2n) is 3.94. The second kappa shape index (κ2) is 4.92. The van der Waals surface area contributed by atoms with Gasteiger partial charge in [-0.05, 0) is 31.5 Å². The van der Waals surface area contributed by atoms with Crippen molar-refractivity contribution in [2.24, 2.45) is 0 Å². The van der Waals surface area contributed by atoms with Gasteiger partial charge in [-0.15, -0.1) is 0 Å². The van der Waals surface area contributed by atoms with Crippen molar-refractivity contribution in [1.82, 2.24) is 5.32 Å². The number of nitrogens with one attached hydrogen (secondary N) is 2. The summed E-state index contributed by atoms with van der Waals surface area (Å²) in [7, 11) is 0. The van der Waals surface area contributed by atoms with E-state index in [4.69, 9.17) is 0 Å². The van der Waals surface area contributed by atoms with Crippen molar-refractivity contribution in [3.63, 3.8) is 0 Å². The monoisotopic (exact) mass is 235 g/mol. The van der Waals surface area contributed by atoms with Gasteiger partial charge in [-0.3, -0.25) is 14.9 Å². The molecule has 1 atom stereocenters. The number of nitrogens with zero attached hydrogens (tertiary/aromatic N) is 1. The Labute approximate surface area is 98.2 Å². The van der Waals surface area contributed by atoms with Gasteiger partial charge in [-0.2, -0.15) is 0 Å². The number of hydrogen-bond acceptors (Lipinski definition) is 4. The van der Waals surface area contributed by atoms with Crippen LogP contribution in [0.5, 0.6) is 0 Å². The largest absolute Gasteiger partial charge is 0.325 e. The predicted molar refractivity (Wildman–Crippen MR) is 62.8 cm³/mol. The van der Waals surface area contributed by atoms with Crippen LogP contribution in [0.15, 0.2) is 24.3 Å². The Hall–Kier alpha value is -1.95. The number of rotatable bonds is 3. The summed E-state index contributed by atoms with van der Waals surface area (Å²) in [5, 5.41) is 16.3. The molecular weight excluding hydrogens is 222 g/mol. The van der Waals surface area contributed by atoms with Gasteiger partial charge in [0.25, 0.3) is 5.69 Å². The SMILES string of the molecule is O=C(Nc1ccc([N+](=O)[O-])cc1)[C@@H]1CCCN1. The number of benzene rings is 1. The van der Waals surface area contributed by atoms with Crippen LogP contribution in [0.3, 0.4) is 0 Å². The third-order valence-corrected chi connectivity index (χ3v) is 2.72. The van der Waals surface area contributed by atoms with Crippen LogP contribution < -0.4 is 10.6 Å². The van der Waals surface area contributed by atoms with Crippen molar-refractivity contribution in [1.29, 1.82) is 0 Å². The zero-order valence-electron chi connectivity index (χ0n) is 9.18. The molecule has 1 aromatic carbocycles. The summed E-state index contributed by atoms with van der Waals surface area (Å²) < 4.78 is 0. The average Bonchev–Trinajstić information content (AvgIpc) is 2.83. The van der Waals surface area contributed by atoms with E-state index < -0.39 is 4.92 Å². The highest BCUT2D eigenvalue weighted by Crippen LogP contribution is 2.16. The van der Waals surface area contributed by atoms with Crippen molar-refractivity contribution in [3.05, 3.63) is 34.4 Å².